The maximum Gasteiger partial charge on any atom is 0.237 e. The summed E-state index contributed by atoms with van der Waals surface area (Å²) in [5.74, 6) is -0.480. The predicted molar refractivity (Wildman–Crippen MR) is 108 cm³/mol. The second kappa shape index (κ2) is 15.5. The fourth-order valence-corrected chi connectivity index (χ4v) is 2.73. The third kappa shape index (κ3) is 11.5. The lowest BCUT2D eigenvalue weighted by Gasteiger charge is -2.25. The zero-order valence-electron chi connectivity index (χ0n) is 17.7. The highest BCUT2D eigenvalue weighted by Crippen LogP contribution is 2.06. The van der Waals surface area contributed by atoms with Gasteiger partial charge in [0.1, 0.15) is 18.3 Å². The van der Waals surface area contributed by atoms with Crippen LogP contribution < -0.4 is 16.0 Å². The van der Waals surface area contributed by atoms with Crippen LogP contribution >= 0.6 is 0 Å². The zero-order valence-corrected chi connectivity index (χ0v) is 17.7. The molecule has 0 spiro atoms. The molecule has 0 saturated carbocycles. The Hall–Kier alpha value is -1.30. The Morgan fingerprint density at radius 3 is 2.14 bits per heavy atom. The predicted octanol–water partition coefficient (Wildman–Crippen LogP) is -2.01. The highest BCUT2D eigenvalue weighted by Gasteiger charge is 2.30. The number of amides is 2. The van der Waals surface area contributed by atoms with Gasteiger partial charge in [-0.2, -0.15) is 0 Å². The topological polar surface area (TPSA) is 171 Å². The Morgan fingerprint density at radius 2 is 1.59 bits per heavy atom. The minimum Gasteiger partial charge on any atom is -0.394 e. The molecule has 172 valence electrons. The summed E-state index contributed by atoms with van der Waals surface area (Å²) < 4.78 is 0. The van der Waals surface area contributed by atoms with E-state index >= 15 is 0 Å². The molecule has 0 bridgehead atoms. The number of carbonyl (C=O) groups excluding carboxylic acids is 2. The molecule has 0 fully saturated rings. The van der Waals surface area contributed by atoms with Gasteiger partial charge < -0.3 is 41.5 Å². The largest absolute Gasteiger partial charge is 0.394 e. The molecule has 0 rings (SSSR count). The maximum atomic E-state index is 12.3. The van der Waals surface area contributed by atoms with Crippen molar-refractivity contribution in [2.45, 2.75) is 89.4 Å². The molecule has 0 aromatic rings. The first-order chi connectivity index (χ1) is 13.7. The second-order valence-electron chi connectivity index (χ2n) is 7.30. The lowest BCUT2D eigenvalue weighted by Crippen LogP contribution is -2.49. The minimum absolute atomic E-state index is 0.0943. The fraction of sp³-hybridized carbons (Fsp3) is 0.895. The first-order valence-corrected chi connectivity index (χ1v) is 10.3. The van der Waals surface area contributed by atoms with Crippen LogP contribution in [0.25, 0.3) is 0 Å². The van der Waals surface area contributed by atoms with Crippen molar-refractivity contribution in [3.63, 3.8) is 0 Å². The van der Waals surface area contributed by atoms with Crippen molar-refractivity contribution < 1.29 is 35.1 Å². The van der Waals surface area contributed by atoms with Crippen molar-refractivity contribution in [1.29, 1.82) is 0 Å². The molecule has 0 aliphatic rings. The molecule has 0 aromatic heterocycles. The van der Waals surface area contributed by atoms with Gasteiger partial charge in [-0.05, 0) is 26.3 Å². The minimum atomic E-state index is -1.74. The normalized spacial score (nSPS) is 17.7. The Kier molecular flexibility index (Phi) is 14.8. The molecule has 0 aliphatic carbocycles. The van der Waals surface area contributed by atoms with Gasteiger partial charge in [0, 0.05) is 19.0 Å². The zero-order chi connectivity index (χ0) is 22.4. The van der Waals surface area contributed by atoms with Crippen LogP contribution in [0.3, 0.4) is 0 Å². The Balaban J connectivity index is 4.27. The van der Waals surface area contributed by atoms with Crippen molar-refractivity contribution in [3.8, 4) is 0 Å². The molecule has 0 aliphatic heterocycles. The molecule has 0 unspecified atom stereocenters. The van der Waals surface area contributed by atoms with Crippen LogP contribution in [0.2, 0.25) is 0 Å². The van der Waals surface area contributed by atoms with Crippen LogP contribution in [0.15, 0.2) is 0 Å². The molecule has 0 aromatic carbocycles. The summed E-state index contributed by atoms with van der Waals surface area (Å²) in [5, 5.41) is 55.5. The molecule has 10 nitrogen and oxygen atoms in total. The van der Waals surface area contributed by atoms with Gasteiger partial charge in [-0.15, -0.1) is 0 Å². The summed E-state index contributed by atoms with van der Waals surface area (Å²) in [4.78, 5) is 24.2. The van der Waals surface area contributed by atoms with Crippen molar-refractivity contribution in [2.75, 3.05) is 19.7 Å². The van der Waals surface area contributed by atoms with E-state index in [-0.39, 0.29) is 36.9 Å². The van der Waals surface area contributed by atoms with Gasteiger partial charge in [-0.25, -0.2) is 0 Å². The summed E-state index contributed by atoms with van der Waals surface area (Å²) in [7, 11) is 0. The van der Waals surface area contributed by atoms with Gasteiger partial charge in [0.05, 0.1) is 18.8 Å². The third-order valence-corrected chi connectivity index (χ3v) is 4.64. The van der Waals surface area contributed by atoms with E-state index in [0.29, 0.717) is 13.0 Å². The summed E-state index contributed by atoms with van der Waals surface area (Å²) in [6, 6.07) is -0.471. The molecule has 0 heterocycles. The number of likely N-dealkylation sites (N-methyl/N-ethyl adjacent to an activating group) is 1. The number of hydrogen-bond donors (Lipinski definition) is 8. The van der Waals surface area contributed by atoms with Crippen molar-refractivity contribution >= 4 is 11.8 Å². The Labute approximate surface area is 172 Å². The molecule has 6 atom stereocenters. The van der Waals surface area contributed by atoms with Gasteiger partial charge >= 0.3 is 0 Å². The van der Waals surface area contributed by atoms with Gasteiger partial charge in [0.2, 0.25) is 11.8 Å². The molecular formula is C19H39N3O7. The summed E-state index contributed by atoms with van der Waals surface area (Å²) in [6.07, 6.45) is -3.36. The van der Waals surface area contributed by atoms with E-state index in [1.165, 1.54) is 0 Å². The number of unbranched alkanes of at least 4 members (excludes halogenated alkanes) is 1. The first kappa shape index (κ1) is 27.7. The SMILES string of the molecule is CCCC[C@@H](NCC)C(=O)N[C@H](C)CCC(=O)NC[C@H](O)[C@@H](O)[C@H](O)[C@H](O)CO. The van der Waals surface area contributed by atoms with Crippen LogP contribution in [0, 0.1) is 0 Å². The molecule has 29 heavy (non-hydrogen) atoms. The van der Waals surface area contributed by atoms with Gasteiger partial charge in [-0.3, -0.25) is 9.59 Å². The third-order valence-electron chi connectivity index (χ3n) is 4.64. The van der Waals surface area contributed by atoms with Gasteiger partial charge in [-0.1, -0.05) is 26.7 Å². The number of carbonyl (C=O) groups is 2. The van der Waals surface area contributed by atoms with E-state index in [9.17, 15) is 30.0 Å². The number of nitrogens with one attached hydrogen (secondary N) is 3. The highest BCUT2D eigenvalue weighted by molar-refractivity contribution is 5.82. The van der Waals surface area contributed by atoms with Crippen LogP contribution in [0.5, 0.6) is 0 Å². The van der Waals surface area contributed by atoms with E-state index < -0.39 is 31.0 Å². The van der Waals surface area contributed by atoms with Crippen molar-refractivity contribution in [2.24, 2.45) is 0 Å². The number of aliphatic hydroxyl groups is 5. The maximum absolute atomic E-state index is 12.3. The smallest absolute Gasteiger partial charge is 0.237 e. The van der Waals surface area contributed by atoms with E-state index in [1.54, 1.807) is 6.92 Å². The molecule has 0 saturated heterocycles. The average Bonchev–Trinajstić information content (AvgIpc) is 2.71. The van der Waals surface area contributed by atoms with Gasteiger partial charge in [0.25, 0.3) is 0 Å². The van der Waals surface area contributed by atoms with E-state index in [2.05, 4.69) is 22.9 Å². The van der Waals surface area contributed by atoms with Crippen LogP contribution in [0.1, 0.15) is 52.9 Å². The molecule has 8 N–H and O–H groups in total. The van der Waals surface area contributed by atoms with Crippen molar-refractivity contribution in [3.05, 3.63) is 0 Å². The first-order valence-electron chi connectivity index (χ1n) is 10.3. The van der Waals surface area contributed by atoms with Crippen LogP contribution in [-0.4, -0.2) is 93.5 Å². The lowest BCUT2D eigenvalue weighted by molar-refractivity contribution is -0.127. The quantitative estimate of drug-likeness (QED) is 0.141. The van der Waals surface area contributed by atoms with E-state index in [0.717, 1.165) is 19.3 Å². The lowest BCUT2D eigenvalue weighted by atomic mass is 10.0. The van der Waals surface area contributed by atoms with E-state index in [4.69, 9.17) is 5.11 Å². The Bertz CT molecular complexity index is 467. The molecule has 10 heteroatoms. The summed E-state index contributed by atoms with van der Waals surface area (Å²) in [6.45, 7) is 5.40. The van der Waals surface area contributed by atoms with Crippen molar-refractivity contribution in [1.82, 2.24) is 16.0 Å². The Morgan fingerprint density at radius 1 is 0.966 bits per heavy atom. The monoisotopic (exact) mass is 421 g/mol. The van der Waals surface area contributed by atoms with Gasteiger partial charge in [0.15, 0.2) is 0 Å². The molecule has 2 amide bonds. The fourth-order valence-electron chi connectivity index (χ4n) is 2.73. The van der Waals surface area contributed by atoms with Crippen LogP contribution in [0.4, 0.5) is 0 Å². The summed E-state index contributed by atoms with van der Waals surface area (Å²) in [5.41, 5.74) is 0. The second-order valence-corrected chi connectivity index (χ2v) is 7.30. The number of rotatable bonds is 16. The number of aliphatic hydroxyl groups excluding tert-OH is 5. The molecule has 0 radical (unpaired) electrons. The molecular weight excluding hydrogens is 382 g/mol. The van der Waals surface area contributed by atoms with E-state index in [1.807, 2.05) is 6.92 Å². The number of hydrogen-bond acceptors (Lipinski definition) is 8. The standard InChI is InChI=1S/C19H39N3O7/c1-4-6-7-13(20-5-2)19(29)22-12(3)8-9-16(26)21-10-14(24)17(27)18(28)15(25)11-23/h12-15,17-18,20,23-25,27-28H,4-11H2,1-3H3,(H,21,26)(H,22,29)/t12-,13-,14+,15-,17-,18-/m1/s1. The van der Waals surface area contributed by atoms with Crippen LogP contribution in [-0.2, 0) is 9.59 Å². The highest BCUT2D eigenvalue weighted by atomic mass is 16.4. The average molecular weight is 422 g/mol. The summed E-state index contributed by atoms with van der Waals surface area (Å²) >= 11 is 0.